The van der Waals surface area contributed by atoms with Crippen molar-refractivity contribution in [3.05, 3.63) is 15.6 Å². The van der Waals surface area contributed by atoms with Crippen molar-refractivity contribution >= 4 is 11.3 Å². The first-order chi connectivity index (χ1) is 8.93. The van der Waals surface area contributed by atoms with E-state index in [1.165, 1.54) is 4.88 Å². The number of hydrogen-bond donors (Lipinski definition) is 1. The molecule has 0 spiro atoms. The highest BCUT2D eigenvalue weighted by Crippen LogP contribution is 2.40. The van der Waals surface area contributed by atoms with Crippen LogP contribution in [-0.2, 0) is 27.0 Å². The number of nitrogens with two attached hydrogens (primary N) is 1. The fourth-order valence-corrected chi connectivity index (χ4v) is 3.85. The Bertz CT molecular complexity index is 431. The van der Waals surface area contributed by atoms with E-state index in [1.54, 1.807) is 18.4 Å². The molecule has 2 heterocycles. The summed E-state index contributed by atoms with van der Waals surface area (Å²) in [6, 6.07) is 0. The lowest BCUT2D eigenvalue weighted by molar-refractivity contribution is -0.0949. The van der Waals surface area contributed by atoms with Gasteiger partial charge in [0, 0.05) is 50.0 Å². The van der Waals surface area contributed by atoms with Crippen LogP contribution in [0.3, 0.4) is 0 Å². The Balaban J connectivity index is 2.42. The highest BCUT2D eigenvalue weighted by atomic mass is 32.1. The number of methoxy groups -OCH3 is 1. The largest absolute Gasteiger partial charge is 0.381 e. The molecule has 1 fully saturated rings. The molecule has 0 atom stereocenters. The molecule has 0 aromatic carbocycles. The molecule has 0 bridgehead atoms. The summed E-state index contributed by atoms with van der Waals surface area (Å²) in [6.07, 6.45) is 1.73. The van der Waals surface area contributed by atoms with Gasteiger partial charge in [-0.3, -0.25) is 0 Å². The summed E-state index contributed by atoms with van der Waals surface area (Å²) >= 11 is 1.70. The van der Waals surface area contributed by atoms with E-state index in [0.29, 0.717) is 6.54 Å². The Morgan fingerprint density at radius 3 is 2.42 bits per heavy atom. The molecule has 0 saturated carbocycles. The van der Waals surface area contributed by atoms with Crippen LogP contribution in [-0.4, -0.2) is 25.3 Å². The second-order valence-corrected chi connectivity index (χ2v) is 7.14. The zero-order valence-corrected chi connectivity index (χ0v) is 13.1. The molecular weight excluding hydrogens is 260 g/mol. The van der Waals surface area contributed by atoms with Gasteiger partial charge in [-0.05, 0) is 0 Å². The second kappa shape index (κ2) is 5.48. The first-order valence-corrected chi connectivity index (χ1v) is 7.58. The van der Waals surface area contributed by atoms with Crippen LogP contribution in [0.15, 0.2) is 0 Å². The molecule has 2 N–H and O–H groups in total. The molecule has 0 unspecified atom stereocenters. The van der Waals surface area contributed by atoms with Crippen LogP contribution in [0.5, 0.6) is 0 Å². The highest BCUT2D eigenvalue weighted by Gasteiger charge is 2.39. The summed E-state index contributed by atoms with van der Waals surface area (Å²) in [7, 11) is 1.77. The van der Waals surface area contributed by atoms with Gasteiger partial charge in [0.1, 0.15) is 10.6 Å². The van der Waals surface area contributed by atoms with Gasteiger partial charge in [-0.25, -0.2) is 4.98 Å². The molecular formula is C14H24N2O2S. The molecule has 1 aromatic heterocycles. The van der Waals surface area contributed by atoms with E-state index >= 15 is 0 Å². The van der Waals surface area contributed by atoms with Gasteiger partial charge >= 0.3 is 0 Å². The molecule has 0 aliphatic carbocycles. The van der Waals surface area contributed by atoms with E-state index in [-0.39, 0.29) is 11.0 Å². The third-order valence-electron chi connectivity index (χ3n) is 3.67. The topological polar surface area (TPSA) is 57.4 Å². The smallest absolute Gasteiger partial charge is 0.125 e. The van der Waals surface area contributed by atoms with Crippen molar-refractivity contribution in [2.75, 3.05) is 20.3 Å². The number of rotatable bonds is 3. The summed E-state index contributed by atoms with van der Waals surface area (Å²) in [5.41, 5.74) is 6.72. The van der Waals surface area contributed by atoms with Gasteiger partial charge < -0.3 is 15.2 Å². The van der Waals surface area contributed by atoms with Crippen molar-refractivity contribution in [3.8, 4) is 0 Å². The minimum absolute atomic E-state index is 0.0174. The average molecular weight is 284 g/mol. The van der Waals surface area contributed by atoms with Gasteiger partial charge in [0.05, 0.1) is 5.69 Å². The van der Waals surface area contributed by atoms with Crippen LogP contribution < -0.4 is 5.73 Å². The van der Waals surface area contributed by atoms with E-state index in [9.17, 15) is 0 Å². The summed E-state index contributed by atoms with van der Waals surface area (Å²) in [5.74, 6) is 0. The number of aromatic nitrogens is 1. The Hall–Kier alpha value is -0.490. The zero-order chi connectivity index (χ0) is 14.1. The number of hydrogen-bond acceptors (Lipinski definition) is 5. The lowest BCUT2D eigenvalue weighted by atomic mass is 9.90. The van der Waals surface area contributed by atoms with Gasteiger partial charge in [0.25, 0.3) is 0 Å². The van der Waals surface area contributed by atoms with E-state index in [2.05, 4.69) is 20.8 Å². The third-order valence-corrected chi connectivity index (χ3v) is 4.94. The Labute approximate surface area is 119 Å². The fraction of sp³-hybridized carbons (Fsp3) is 0.786. The number of nitrogens with zero attached hydrogens (tertiary/aromatic N) is 1. The maximum Gasteiger partial charge on any atom is 0.125 e. The van der Waals surface area contributed by atoms with Crippen molar-refractivity contribution in [3.63, 3.8) is 0 Å². The summed E-state index contributed by atoms with van der Waals surface area (Å²) in [5, 5.41) is 1.06. The molecule has 5 heteroatoms. The minimum atomic E-state index is -0.281. The monoisotopic (exact) mass is 284 g/mol. The normalized spacial score (nSPS) is 19.6. The molecule has 1 aliphatic heterocycles. The number of ether oxygens (including phenoxy) is 2. The predicted octanol–water partition coefficient (Wildman–Crippen LogP) is 2.55. The van der Waals surface area contributed by atoms with Crippen LogP contribution in [0.2, 0.25) is 0 Å². The second-order valence-electron chi connectivity index (χ2n) is 6.06. The van der Waals surface area contributed by atoms with Crippen LogP contribution in [0.4, 0.5) is 0 Å². The van der Waals surface area contributed by atoms with Crippen molar-refractivity contribution in [2.45, 2.75) is 51.2 Å². The lowest BCUT2D eigenvalue weighted by Gasteiger charge is -2.34. The van der Waals surface area contributed by atoms with Crippen LogP contribution in [0.1, 0.15) is 49.2 Å². The highest BCUT2D eigenvalue weighted by molar-refractivity contribution is 7.11. The van der Waals surface area contributed by atoms with Gasteiger partial charge in [0.15, 0.2) is 0 Å². The number of thiazole rings is 1. The quantitative estimate of drug-likeness (QED) is 0.926. The van der Waals surface area contributed by atoms with E-state index in [1.807, 2.05) is 0 Å². The molecule has 4 nitrogen and oxygen atoms in total. The van der Waals surface area contributed by atoms with Crippen molar-refractivity contribution in [2.24, 2.45) is 5.73 Å². The van der Waals surface area contributed by atoms with Crippen LogP contribution >= 0.6 is 11.3 Å². The standard InChI is InChI=1S/C14H24N2O2S/c1-13(2,3)11-10(9-15)19-12(16-11)14(17-4)5-7-18-8-6-14/h5-9,15H2,1-4H3. The van der Waals surface area contributed by atoms with E-state index < -0.39 is 0 Å². The molecule has 1 aromatic rings. The lowest BCUT2D eigenvalue weighted by Crippen LogP contribution is -2.35. The maximum absolute atomic E-state index is 5.88. The van der Waals surface area contributed by atoms with Gasteiger partial charge in [0.2, 0.25) is 0 Å². The molecule has 108 valence electrons. The van der Waals surface area contributed by atoms with Crippen molar-refractivity contribution in [1.82, 2.24) is 4.98 Å². The molecule has 1 aliphatic rings. The molecule has 1 saturated heterocycles. The van der Waals surface area contributed by atoms with Crippen LogP contribution in [0.25, 0.3) is 0 Å². The zero-order valence-electron chi connectivity index (χ0n) is 12.3. The molecule has 0 amide bonds. The predicted molar refractivity (Wildman–Crippen MR) is 77.4 cm³/mol. The summed E-state index contributed by atoms with van der Waals surface area (Å²) < 4.78 is 11.3. The maximum atomic E-state index is 5.88. The van der Waals surface area contributed by atoms with Gasteiger partial charge in [-0.2, -0.15) is 0 Å². The Kier molecular flexibility index (Phi) is 4.30. The van der Waals surface area contributed by atoms with Gasteiger partial charge in [-0.1, -0.05) is 20.8 Å². The van der Waals surface area contributed by atoms with Gasteiger partial charge in [-0.15, -0.1) is 11.3 Å². The fourth-order valence-electron chi connectivity index (χ4n) is 2.48. The van der Waals surface area contributed by atoms with E-state index in [0.717, 1.165) is 36.8 Å². The summed E-state index contributed by atoms with van der Waals surface area (Å²) in [6.45, 7) is 8.53. The minimum Gasteiger partial charge on any atom is -0.381 e. The SMILES string of the molecule is COC1(c2nc(C(C)(C)C)c(CN)s2)CCOCC1. The Morgan fingerprint density at radius 1 is 1.37 bits per heavy atom. The average Bonchev–Trinajstić information content (AvgIpc) is 2.84. The van der Waals surface area contributed by atoms with Crippen molar-refractivity contribution < 1.29 is 9.47 Å². The summed E-state index contributed by atoms with van der Waals surface area (Å²) in [4.78, 5) is 6.05. The molecule has 0 radical (unpaired) electrons. The third kappa shape index (κ3) is 2.84. The first kappa shape index (κ1) is 14.9. The molecule has 2 rings (SSSR count). The molecule has 19 heavy (non-hydrogen) atoms. The van der Waals surface area contributed by atoms with E-state index in [4.69, 9.17) is 20.2 Å². The Morgan fingerprint density at radius 2 is 2.00 bits per heavy atom. The van der Waals surface area contributed by atoms with Crippen molar-refractivity contribution in [1.29, 1.82) is 0 Å². The van der Waals surface area contributed by atoms with Crippen LogP contribution in [0, 0.1) is 0 Å². The first-order valence-electron chi connectivity index (χ1n) is 6.76.